The number of nitrogens with one attached hydrogen (secondary N) is 2. The molecule has 0 amide bonds. The first-order valence-corrected chi connectivity index (χ1v) is 7.58. The third kappa shape index (κ3) is 4.89. The summed E-state index contributed by atoms with van der Waals surface area (Å²) >= 11 is 5.08. The highest BCUT2D eigenvalue weighted by atomic mass is 32.1. The molecular weight excluding hydrogens is 318 g/mol. The number of hydrogen-bond acceptors (Lipinski definition) is 2. The number of thiocarbonyl (C=S) groups is 1. The number of para-hydroxylation sites is 2. The molecule has 23 heavy (non-hydrogen) atoms. The van der Waals surface area contributed by atoms with Crippen molar-refractivity contribution in [3.8, 4) is 5.75 Å². The molecule has 0 aliphatic rings. The zero-order valence-electron chi connectivity index (χ0n) is 12.9. The summed E-state index contributed by atoms with van der Waals surface area (Å²) < 4.78 is 32.8. The van der Waals surface area contributed by atoms with Gasteiger partial charge in [-0.15, -0.1) is 0 Å². The van der Waals surface area contributed by atoms with E-state index in [1.54, 1.807) is 0 Å². The van der Waals surface area contributed by atoms with E-state index in [-0.39, 0.29) is 16.8 Å². The van der Waals surface area contributed by atoms with Gasteiger partial charge >= 0.3 is 0 Å². The van der Waals surface area contributed by atoms with Crippen molar-refractivity contribution >= 4 is 23.0 Å². The number of benzene rings is 2. The van der Waals surface area contributed by atoms with E-state index in [0.29, 0.717) is 6.61 Å². The van der Waals surface area contributed by atoms with Gasteiger partial charge in [-0.05, 0) is 49.8 Å². The van der Waals surface area contributed by atoms with Crippen LogP contribution in [0.3, 0.4) is 0 Å². The van der Waals surface area contributed by atoms with Crippen molar-refractivity contribution in [1.82, 2.24) is 5.32 Å². The Kier molecular flexibility index (Phi) is 5.87. The fraction of sp³-hybridized carbons (Fsp3) is 0.235. The molecule has 1 atom stereocenters. The molecule has 0 aliphatic heterocycles. The van der Waals surface area contributed by atoms with Crippen LogP contribution in [0.4, 0.5) is 14.5 Å². The third-order valence-electron chi connectivity index (χ3n) is 3.16. The van der Waals surface area contributed by atoms with E-state index >= 15 is 0 Å². The SMILES string of the molecule is Cc1ccccc1OC[C@H](C)NC(=S)Nc1c(F)cccc1F. The van der Waals surface area contributed by atoms with Gasteiger partial charge < -0.3 is 15.4 Å². The van der Waals surface area contributed by atoms with E-state index in [0.717, 1.165) is 11.3 Å². The second kappa shape index (κ2) is 7.87. The van der Waals surface area contributed by atoms with Crippen molar-refractivity contribution in [3.05, 3.63) is 59.7 Å². The lowest BCUT2D eigenvalue weighted by Gasteiger charge is -2.18. The first-order chi connectivity index (χ1) is 11.0. The van der Waals surface area contributed by atoms with Crippen molar-refractivity contribution in [2.45, 2.75) is 19.9 Å². The molecule has 2 N–H and O–H groups in total. The molecule has 2 aromatic carbocycles. The van der Waals surface area contributed by atoms with E-state index < -0.39 is 11.6 Å². The lowest BCUT2D eigenvalue weighted by Crippen LogP contribution is -2.39. The van der Waals surface area contributed by atoms with Crippen molar-refractivity contribution in [1.29, 1.82) is 0 Å². The normalized spacial score (nSPS) is 11.7. The number of halogens is 2. The van der Waals surface area contributed by atoms with Gasteiger partial charge in [-0.1, -0.05) is 24.3 Å². The molecule has 3 nitrogen and oxygen atoms in total. The molecule has 0 aromatic heterocycles. The molecule has 0 fully saturated rings. The minimum atomic E-state index is -0.696. The molecule has 0 heterocycles. The van der Waals surface area contributed by atoms with Gasteiger partial charge in [-0.25, -0.2) is 8.78 Å². The lowest BCUT2D eigenvalue weighted by molar-refractivity contribution is 0.285. The molecule has 0 saturated carbocycles. The molecule has 0 aliphatic carbocycles. The lowest BCUT2D eigenvalue weighted by atomic mass is 10.2. The Balaban J connectivity index is 1.86. The van der Waals surface area contributed by atoms with E-state index in [2.05, 4.69) is 10.6 Å². The van der Waals surface area contributed by atoms with E-state index in [9.17, 15) is 8.78 Å². The number of anilines is 1. The zero-order chi connectivity index (χ0) is 16.8. The molecule has 0 unspecified atom stereocenters. The van der Waals surface area contributed by atoms with Crippen LogP contribution in [0, 0.1) is 18.6 Å². The molecular formula is C17H18F2N2OS. The van der Waals surface area contributed by atoms with Crippen LogP contribution in [0.1, 0.15) is 12.5 Å². The van der Waals surface area contributed by atoms with Gasteiger partial charge in [0.2, 0.25) is 0 Å². The maximum absolute atomic E-state index is 13.5. The average Bonchev–Trinajstić information content (AvgIpc) is 2.50. The Morgan fingerprint density at radius 1 is 1.13 bits per heavy atom. The van der Waals surface area contributed by atoms with Gasteiger partial charge in [0, 0.05) is 0 Å². The third-order valence-corrected chi connectivity index (χ3v) is 3.38. The van der Waals surface area contributed by atoms with Gasteiger partial charge in [-0.2, -0.15) is 0 Å². The van der Waals surface area contributed by atoms with Crippen molar-refractivity contribution < 1.29 is 13.5 Å². The highest BCUT2D eigenvalue weighted by Crippen LogP contribution is 2.18. The highest BCUT2D eigenvalue weighted by molar-refractivity contribution is 7.80. The van der Waals surface area contributed by atoms with Gasteiger partial charge in [0.1, 0.15) is 29.7 Å². The van der Waals surface area contributed by atoms with Crippen LogP contribution in [0.5, 0.6) is 5.75 Å². The quantitative estimate of drug-likeness (QED) is 0.808. The monoisotopic (exact) mass is 336 g/mol. The van der Waals surface area contributed by atoms with Crippen molar-refractivity contribution in [2.75, 3.05) is 11.9 Å². The van der Waals surface area contributed by atoms with Crippen LogP contribution in [-0.2, 0) is 0 Å². The molecule has 6 heteroatoms. The maximum Gasteiger partial charge on any atom is 0.171 e. The van der Waals surface area contributed by atoms with Crippen LogP contribution in [0.2, 0.25) is 0 Å². The van der Waals surface area contributed by atoms with Gasteiger partial charge in [-0.3, -0.25) is 0 Å². The fourth-order valence-electron chi connectivity index (χ4n) is 1.97. The van der Waals surface area contributed by atoms with Gasteiger partial charge in [0.15, 0.2) is 5.11 Å². The Morgan fingerprint density at radius 3 is 2.43 bits per heavy atom. The van der Waals surface area contributed by atoms with Gasteiger partial charge in [0.25, 0.3) is 0 Å². The zero-order valence-corrected chi connectivity index (χ0v) is 13.7. The summed E-state index contributed by atoms with van der Waals surface area (Å²) in [5, 5.41) is 5.60. The summed E-state index contributed by atoms with van der Waals surface area (Å²) in [6, 6.07) is 11.2. The minimum absolute atomic E-state index is 0.134. The van der Waals surface area contributed by atoms with Crippen LogP contribution in [0.25, 0.3) is 0 Å². The molecule has 122 valence electrons. The molecule has 2 rings (SSSR count). The molecule has 2 aromatic rings. The number of ether oxygens (including phenoxy) is 1. The van der Waals surface area contributed by atoms with Crippen LogP contribution in [-0.4, -0.2) is 17.8 Å². The first-order valence-electron chi connectivity index (χ1n) is 7.17. The Labute approximate surface area is 139 Å². The number of aryl methyl sites for hydroxylation is 1. The molecule has 0 bridgehead atoms. The average molecular weight is 336 g/mol. The first kappa shape index (κ1) is 17.1. The minimum Gasteiger partial charge on any atom is -0.491 e. The summed E-state index contributed by atoms with van der Waals surface area (Å²) in [7, 11) is 0. The van der Waals surface area contributed by atoms with E-state index in [4.69, 9.17) is 17.0 Å². The van der Waals surface area contributed by atoms with E-state index in [1.165, 1.54) is 18.2 Å². The second-order valence-electron chi connectivity index (χ2n) is 5.17. The molecule has 0 radical (unpaired) electrons. The molecule has 0 saturated heterocycles. The maximum atomic E-state index is 13.5. The van der Waals surface area contributed by atoms with Crippen LogP contribution >= 0.6 is 12.2 Å². The summed E-state index contributed by atoms with van der Waals surface area (Å²) in [6.07, 6.45) is 0. The van der Waals surface area contributed by atoms with Crippen LogP contribution in [0.15, 0.2) is 42.5 Å². The highest BCUT2D eigenvalue weighted by Gasteiger charge is 2.11. The topological polar surface area (TPSA) is 33.3 Å². The summed E-state index contributed by atoms with van der Waals surface area (Å²) in [5.74, 6) is -0.601. The van der Waals surface area contributed by atoms with Crippen molar-refractivity contribution in [2.24, 2.45) is 0 Å². The standard InChI is InChI=1S/C17H18F2N2OS/c1-11-6-3-4-9-15(11)22-10-12(2)20-17(23)21-16-13(18)7-5-8-14(16)19/h3-9,12H,10H2,1-2H3,(H2,20,21,23)/t12-/m0/s1. The number of hydrogen-bond donors (Lipinski definition) is 2. The van der Waals surface area contributed by atoms with E-state index in [1.807, 2.05) is 38.1 Å². The summed E-state index contributed by atoms with van der Waals surface area (Å²) in [5.41, 5.74) is 0.769. The summed E-state index contributed by atoms with van der Waals surface area (Å²) in [6.45, 7) is 4.19. The fourth-order valence-corrected chi connectivity index (χ4v) is 2.27. The van der Waals surface area contributed by atoms with Crippen LogP contribution < -0.4 is 15.4 Å². The Bertz CT molecular complexity index is 674. The number of rotatable bonds is 5. The van der Waals surface area contributed by atoms with Gasteiger partial charge in [0.05, 0.1) is 6.04 Å². The Morgan fingerprint density at radius 2 is 1.78 bits per heavy atom. The predicted molar refractivity (Wildman–Crippen MR) is 91.9 cm³/mol. The van der Waals surface area contributed by atoms with Crippen molar-refractivity contribution in [3.63, 3.8) is 0 Å². The smallest absolute Gasteiger partial charge is 0.171 e. The predicted octanol–water partition coefficient (Wildman–Crippen LogP) is 4.03. The largest absolute Gasteiger partial charge is 0.491 e. The Hall–Kier alpha value is -2.21. The second-order valence-corrected chi connectivity index (χ2v) is 5.58. The molecule has 0 spiro atoms. The summed E-state index contributed by atoms with van der Waals surface area (Å²) in [4.78, 5) is 0.